The molecule has 0 saturated carbocycles. The topological polar surface area (TPSA) is 55.6 Å². The van der Waals surface area contributed by atoms with Gasteiger partial charge in [-0.1, -0.05) is 30.1 Å². The number of carbonyl (C=O) groups is 1. The fourth-order valence-electron chi connectivity index (χ4n) is 3.17. The summed E-state index contributed by atoms with van der Waals surface area (Å²) in [5.74, 6) is 1.43. The summed E-state index contributed by atoms with van der Waals surface area (Å²) in [6.45, 7) is 7.75. The third kappa shape index (κ3) is 4.03. The van der Waals surface area contributed by atoms with Crippen LogP contribution in [-0.4, -0.2) is 29.1 Å². The molecular weight excluding hydrogens is 316 g/mol. The zero-order chi connectivity index (χ0) is 17.8. The van der Waals surface area contributed by atoms with E-state index in [4.69, 9.17) is 9.26 Å². The number of rotatable bonds is 4. The number of hydrogen-bond donors (Lipinski definition) is 0. The Morgan fingerprint density at radius 2 is 1.88 bits per heavy atom. The van der Waals surface area contributed by atoms with Crippen LogP contribution in [-0.2, 0) is 6.61 Å². The highest BCUT2D eigenvalue weighted by Gasteiger charge is 2.25. The van der Waals surface area contributed by atoms with E-state index in [-0.39, 0.29) is 12.5 Å². The lowest BCUT2D eigenvalue weighted by atomic mass is 10.1. The van der Waals surface area contributed by atoms with Crippen molar-refractivity contribution in [2.24, 2.45) is 0 Å². The molecule has 25 heavy (non-hydrogen) atoms. The van der Waals surface area contributed by atoms with Gasteiger partial charge in [0, 0.05) is 13.1 Å². The van der Waals surface area contributed by atoms with Crippen molar-refractivity contribution in [3.8, 4) is 5.75 Å². The van der Waals surface area contributed by atoms with E-state index < -0.39 is 0 Å². The van der Waals surface area contributed by atoms with Crippen molar-refractivity contribution < 1.29 is 14.1 Å². The predicted molar refractivity (Wildman–Crippen MR) is 95.9 cm³/mol. The van der Waals surface area contributed by atoms with Gasteiger partial charge in [0.25, 0.3) is 5.91 Å². The second-order valence-corrected chi connectivity index (χ2v) is 6.83. The van der Waals surface area contributed by atoms with E-state index in [0.717, 1.165) is 48.4 Å². The molecule has 2 aromatic rings. The first-order valence-corrected chi connectivity index (χ1v) is 9.00. The van der Waals surface area contributed by atoms with Gasteiger partial charge in [-0.3, -0.25) is 4.79 Å². The van der Waals surface area contributed by atoms with Gasteiger partial charge in [-0.15, -0.1) is 0 Å². The van der Waals surface area contributed by atoms with E-state index in [9.17, 15) is 4.79 Å². The number of hydrogen-bond acceptors (Lipinski definition) is 4. The normalized spacial score (nSPS) is 15.1. The van der Waals surface area contributed by atoms with Crippen molar-refractivity contribution in [2.45, 2.75) is 53.1 Å². The summed E-state index contributed by atoms with van der Waals surface area (Å²) in [6.07, 6.45) is 4.47. The third-order valence-corrected chi connectivity index (χ3v) is 4.80. The molecule has 1 aromatic heterocycles. The Bertz CT molecular complexity index is 743. The van der Waals surface area contributed by atoms with Crippen molar-refractivity contribution in [1.82, 2.24) is 10.1 Å². The summed E-state index contributed by atoms with van der Waals surface area (Å²) in [6, 6.07) is 6.10. The van der Waals surface area contributed by atoms with Crippen LogP contribution in [0.4, 0.5) is 0 Å². The number of aromatic nitrogens is 1. The molecule has 5 nitrogen and oxygen atoms in total. The smallest absolute Gasteiger partial charge is 0.276 e. The highest BCUT2D eigenvalue weighted by atomic mass is 16.5. The summed E-state index contributed by atoms with van der Waals surface area (Å²) in [4.78, 5) is 14.8. The van der Waals surface area contributed by atoms with Gasteiger partial charge in [0.1, 0.15) is 18.1 Å². The van der Waals surface area contributed by atoms with Crippen LogP contribution in [0.2, 0.25) is 0 Å². The van der Waals surface area contributed by atoms with Crippen molar-refractivity contribution in [2.75, 3.05) is 13.1 Å². The molecule has 0 spiro atoms. The van der Waals surface area contributed by atoms with E-state index in [1.165, 1.54) is 12.8 Å². The molecule has 134 valence electrons. The van der Waals surface area contributed by atoms with E-state index in [2.05, 4.69) is 11.2 Å². The Morgan fingerprint density at radius 3 is 2.60 bits per heavy atom. The highest BCUT2D eigenvalue weighted by Crippen LogP contribution is 2.23. The molecule has 0 bridgehead atoms. The Morgan fingerprint density at radius 1 is 1.16 bits per heavy atom. The van der Waals surface area contributed by atoms with E-state index in [1.54, 1.807) is 0 Å². The number of nitrogens with zero attached hydrogens (tertiary/aromatic N) is 2. The number of ether oxygens (including phenoxy) is 1. The first-order chi connectivity index (χ1) is 12.1. The van der Waals surface area contributed by atoms with Crippen LogP contribution in [0.15, 0.2) is 22.7 Å². The Hall–Kier alpha value is -2.30. The summed E-state index contributed by atoms with van der Waals surface area (Å²) in [7, 11) is 0. The van der Waals surface area contributed by atoms with Gasteiger partial charge in [0.05, 0.1) is 5.56 Å². The molecule has 0 radical (unpaired) electrons. The molecule has 0 atom stereocenters. The van der Waals surface area contributed by atoms with E-state index in [0.29, 0.717) is 11.5 Å². The summed E-state index contributed by atoms with van der Waals surface area (Å²) < 4.78 is 11.3. The number of carbonyl (C=O) groups excluding carboxylic acids is 1. The monoisotopic (exact) mass is 342 g/mol. The number of likely N-dealkylation sites (tertiary alicyclic amines) is 1. The van der Waals surface area contributed by atoms with Crippen molar-refractivity contribution in [3.63, 3.8) is 0 Å². The van der Waals surface area contributed by atoms with Gasteiger partial charge in [-0.2, -0.15) is 0 Å². The maximum absolute atomic E-state index is 12.9. The minimum Gasteiger partial charge on any atom is -0.488 e. The van der Waals surface area contributed by atoms with Crippen LogP contribution in [0.25, 0.3) is 0 Å². The van der Waals surface area contributed by atoms with Crippen molar-refractivity contribution in [3.05, 3.63) is 46.3 Å². The van der Waals surface area contributed by atoms with Gasteiger partial charge < -0.3 is 14.2 Å². The lowest BCUT2D eigenvalue weighted by Gasteiger charge is -2.19. The number of amides is 1. The van der Waals surface area contributed by atoms with Gasteiger partial charge in [-0.25, -0.2) is 0 Å². The molecule has 1 aromatic carbocycles. The minimum absolute atomic E-state index is 0.0432. The van der Waals surface area contributed by atoms with Crippen LogP contribution in [0.3, 0.4) is 0 Å². The van der Waals surface area contributed by atoms with E-state index in [1.807, 2.05) is 37.8 Å². The van der Waals surface area contributed by atoms with Crippen LogP contribution in [0.5, 0.6) is 5.75 Å². The largest absolute Gasteiger partial charge is 0.488 e. The maximum Gasteiger partial charge on any atom is 0.276 e. The number of benzene rings is 1. The number of aryl methyl sites for hydroxylation is 3. The van der Waals surface area contributed by atoms with Crippen molar-refractivity contribution in [1.29, 1.82) is 0 Å². The third-order valence-electron chi connectivity index (χ3n) is 4.80. The molecule has 2 heterocycles. The molecule has 1 amide bonds. The molecule has 1 aliphatic heterocycles. The van der Waals surface area contributed by atoms with Gasteiger partial charge >= 0.3 is 0 Å². The molecule has 5 heteroatoms. The fourth-order valence-corrected chi connectivity index (χ4v) is 3.17. The molecular formula is C20H26N2O3. The van der Waals surface area contributed by atoms with Gasteiger partial charge in [0.15, 0.2) is 5.69 Å². The Kier molecular flexibility index (Phi) is 5.41. The lowest BCUT2D eigenvalue weighted by Crippen LogP contribution is -2.32. The zero-order valence-corrected chi connectivity index (χ0v) is 15.3. The molecule has 1 fully saturated rings. The predicted octanol–water partition coefficient (Wildman–Crippen LogP) is 4.20. The highest BCUT2D eigenvalue weighted by molar-refractivity contribution is 5.93. The van der Waals surface area contributed by atoms with Crippen LogP contribution in [0, 0.1) is 20.8 Å². The zero-order valence-electron chi connectivity index (χ0n) is 15.3. The molecule has 0 N–H and O–H groups in total. The minimum atomic E-state index is -0.0432. The molecule has 0 unspecified atom stereocenters. The second kappa shape index (κ2) is 7.72. The Labute approximate surface area is 148 Å². The summed E-state index contributed by atoms with van der Waals surface area (Å²) in [5.41, 5.74) is 3.35. The summed E-state index contributed by atoms with van der Waals surface area (Å²) in [5, 5.41) is 4.03. The Balaban J connectivity index is 1.77. The quantitative estimate of drug-likeness (QED) is 0.836. The average molecular weight is 342 g/mol. The van der Waals surface area contributed by atoms with Crippen molar-refractivity contribution >= 4 is 5.91 Å². The second-order valence-electron chi connectivity index (χ2n) is 6.83. The molecule has 0 aliphatic carbocycles. The average Bonchev–Trinajstić information content (AvgIpc) is 2.80. The fraction of sp³-hybridized carbons (Fsp3) is 0.500. The lowest BCUT2D eigenvalue weighted by molar-refractivity contribution is 0.0749. The van der Waals surface area contributed by atoms with Crippen LogP contribution in [0.1, 0.15) is 58.6 Å². The first-order valence-electron chi connectivity index (χ1n) is 9.00. The van der Waals surface area contributed by atoms with Crippen LogP contribution < -0.4 is 4.74 Å². The standard InChI is InChI=1S/C20H26N2O3/c1-14-8-9-15(2)18(12-14)24-13-17-16(3)25-21-19(17)20(23)22-10-6-4-5-7-11-22/h8-9,12H,4-7,10-11,13H2,1-3H3. The van der Waals surface area contributed by atoms with Gasteiger partial charge in [-0.05, 0) is 50.8 Å². The van der Waals surface area contributed by atoms with E-state index >= 15 is 0 Å². The molecule has 1 saturated heterocycles. The molecule has 3 rings (SSSR count). The first kappa shape index (κ1) is 17.5. The summed E-state index contributed by atoms with van der Waals surface area (Å²) >= 11 is 0. The van der Waals surface area contributed by atoms with Crippen LogP contribution >= 0.6 is 0 Å². The SMILES string of the molecule is Cc1ccc(C)c(OCc2c(C(=O)N3CCCCCC3)noc2C)c1. The van der Waals surface area contributed by atoms with Gasteiger partial charge in [0.2, 0.25) is 0 Å². The maximum atomic E-state index is 12.9. The molecule has 1 aliphatic rings.